The molecule has 2 bridgehead atoms. The fourth-order valence-corrected chi connectivity index (χ4v) is 10.2. The van der Waals surface area contributed by atoms with Crippen LogP contribution in [-0.2, 0) is 9.59 Å². The number of ether oxygens (including phenoxy) is 1. The number of thiazole rings is 1. The second kappa shape index (κ2) is 8.23. The van der Waals surface area contributed by atoms with Crippen molar-refractivity contribution in [2.75, 3.05) is 11.5 Å². The number of H-pyrrole nitrogens is 1. The highest BCUT2D eigenvalue weighted by atomic mass is 32.2. The van der Waals surface area contributed by atoms with Crippen molar-refractivity contribution >= 4 is 40.6 Å². The Morgan fingerprint density at radius 2 is 1.78 bits per heavy atom. The largest absolute Gasteiger partial charge is 0.504 e. The van der Waals surface area contributed by atoms with E-state index >= 15 is 0 Å². The van der Waals surface area contributed by atoms with Crippen molar-refractivity contribution in [3.63, 3.8) is 0 Å². The number of aromatic amines is 1. The van der Waals surface area contributed by atoms with E-state index in [2.05, 4.69) is 4.98 Å². The van der Waals surface area contributed by atoms with Crippen LogP contribution in [0.4, 0.5) is 5.69 Å². The Kier molecular flexibility index (Phi) is 5.14. The number of rotatable bonds is 4. The molecule has 0 radical (unpaired) electrons. The van der Waals surface area contributed by atoms with Crippen LogP contribution in [0.25, 0.3) is 0 Å². The number of carbonyl (C=O) groups excluding carboxylic acids is 2. The Labute approximate surface area is 221 Å². The molecule has 7 atom stereocenters. The van der Waals surface area contributed by atoms with E-state index < -0.39 is 0 Å². The van der Waals surface area contributed by atoms with Gasteiger partial charge in [0.05, 0.1) is 29.2 Å². The van der Waals surface area contributed by atoms with Crippen molar-refractivity contribution in [1.29, 1.82) is 0 Å². The number of hydrogen-bond donors (Lipinski definition) is 2. The van der Waals surface area contributed by atoms with Crippen molar-refractivity contribution < 1.29 is 19.4 Å². The van der Waals surface area contributed by atoms with Gasteiger partial charge >= 0.3 is 4.87 Å². The molecule has 2 amide bonds. The highest BCUT2D eigenvalue weighted by Gasteiger charge is 2.69. The first-order chi connectivity index (χ1) is 17.9. The molecule has 2 aliphatic carbocycles. The number of aromatic hydroxyl groups is 1. The van der Waals surface area contributed by atoms with Gasteiger partial charge in [-0.3, -0.25) is 19.3 Å². The Hall–Kier alpha value is -3.04. The number of thioether (sulfide) groups is 1. The lowest BCUT2D eigenvalue weighted by atomic mass is 9.68. The van der Waals surface area contributed by atoms with E-state index in [1.54, 1.807) is 17.8 Å². The fraction of sp³-hybridized carbons (Fsp3) is 0.393. The summed E-state index contributed by atoms with van der Waals surface area (Å²) in [6, 6.07) is 13.0. The van der Waals surface area contributed by atoms with Gasteiger partial charge in [0.2, 0.25) is 11.8 Å². The number of amides is 2. The molecule has 3 heterocycles. The van der Waals surface area contributed by atoms with Crippen LogP contribution in [0.2, 0.25) is 0 Å². The molecule has 190 valence electrons. The zero-order valence-corrected chi connectivity index (χ0v) is 22.0. The Morgan fingerprint density at radius 1 is 1.05 bits per heavy atom. The number of nitrogens with one attached hydrogen (secondary N) is 1. The summed E-state index contributed by atoms with van der Waals surface area (Å²) in [7, 11) is 0. The van der Waals surface area contributed by atoms with Gasteiger partial charge in [-0.2, -0.15) is 0 Å². The van der Waals surface area contributed by atoms with Gasteiger partial charge in [0.1, 0.15) is 0 Å². The molecule has 2 aliphatic heterocycles. The minimum absolute atomic E-state index is 0.0408. The number of imide groups is 1. The van der Waals surface area contributed by atoms with Crippen LogP contribution in [0.3, 0.4) is 0 Å². The van der Waals surface area contributed by atoms with E-state index in [0.717, 1.165) is 27.5 Å². The molecular formula is C28H26N2O5S2. The first-order valence-corrected chi connectivity index (χ1v) is 14.4. The summed E-state index contributed by atoms with van der Waals surface area (Å²) >= 11 is 2.89. The normalized spacial score (nSPS) is 31.4. The molecule has 3 aromatic rings. The number of benzene rings is 2. The maximum absolute atomic E-state index is 13.8. The maximum Gasteiger partial charge on any atom is 0.305 e. The third-order valence-corrected chi connectivity index (χ3v) is 11.2. The number of hydrogen-bond acceptors (Lipinski definition) is 7. The number of nitrogens with zero attached hydrogens (tertiary/aromatic N) is 1. The summed E-state index contributed by atoms with van der Waals surface area (Å²) in [5, 5.41) is 11.3. The van der Waals surface area contributed by atoms with E-state index in [1.807, 2.05) is 50.2 Å². The summed E-state index contributed by atoms with van der Waals surface area (Å²) in [6.45, 7) is 4.28. The van der Waals surface area contributed by atoms with Crippen molar-refractivity contribution in [3.05, 3.63) is 68.1 Å². The third-order valence-electron chi connectivity index (χ3n) is 8.66. The lowest BCUT2D eigenvalue weighted by Gasteiger charge is -2.43. The second-order valence-corrected chi connectivity index (χ2v) is 12.7. The number of aryl methyl sites for hydroxylation is 1. The number of aromatic nitrogens is 1. The monoisotopic (exact) mass is 534 g/mol. The van der Waals surface area contributed by atoms with Crippen molar-refractivity contribution in [1.82, 2.24) is 4.98 Å². The Bertz CT molecular complexity index is 1490. The van der Waals surface area contributed by atoms with Gasteiger partial charge < -0.3 is 14.8 Å². The molecule has 4 aliphatic rings. The van der Waals surface area contributed by atoms with Gasteiger partial charge in [0.15, 0.2) is 11.5 Å². The molecule has 2 N–H and O–H groups in total. The van der Waals surface area contributed by atoms with Gasteiger partial charge in [-0.1, -0.05) is 35.1 Å². The summed E-state index contributed by atoms with van der Waals surface area (Å²) in [6.07, 6.45) is 0.836. The van der Waals surface area contributed by atoms with E-state index in [9.17, 15) is 19.5 Å². The predicted molar refractivity (Wildman–Crippen MR) is 141 cm³/mol. The first kappa shape index (κ1) is 23.1. The number of phenols is 1. The zero-order chi connectivity index (χ0) is 25.6. The van der Waals surface area contributed by atoms with Crippen LogP contribution in [0.5, 0.6) is 11.5 Å². The molecule has 2 aromatic carbocycles. The average molecular weight is 535 g/mol. The first-order valence-electron chi connectivity index (χ1n) is 12.7. The van der Waals surface area contributed by atoms with Gasteiger partial charge in [0.25, 0.3) is 0 Å². The van der Waals surface area contributed by atoms with Crippen molar-refractivity contribution in [2.45, 2.75) is 36.5 Å². The minimum atomic E-state index is -0.344. The Balaban J connectivity index is 1.32. The second-order valence-electron chi connectivity index (χ2n) is 10.5. The van der Waals surface area contributed by atoms with Gasteiger partial charge in [0, 0.05) is 16.0 Å². The van der Waals surface area contributed by atoms with Gasteiger partial charge in [-0.05, 0) is 67.9 Å². The van der Waals surface area contributed by atoms with Crippen LogP contribution in [0, 0.1) is 36.5 Å². The topological polar surface area (TPSA) is 99.7 Å². The van der Waals surface area contributed by atoms with Gasteiger partial charge in [-0.15, -0.1) is 11.8 Å². The molecular weight excluding hydrogens is 508 g/mol. The SMILES string of the molecule is CCOc1cc([C@@H]2c3sc(=O)[nH]c3S[C@H]3[C@@H]4C[C@H]([C@H]5C(=O)N(c6ccc(C)cc6)C(=O)[C@H]45)[C@H]23)ccc1O. The molecule has 9 heteroatoms. The Morgan fingerprint density at radius 3 is 2.51 bits per heavy atom. The summed E-state index contributed by atoms with van der Waals surface area (Å²) in [5.41, 5.74) is 2.68. The third kappa shape index (κ3) is 3.23. The minimum Gasteiger partial charge on any atom is -0.504 e. The molecule has 3 fully saturated rings. The highest BCUT2D eigenvalue weighted by Crippen LogP contribution is 2.68. The van der Waals surface area contributed by atoms with Crippen molar-refractivity contribution in [3.8, 4) is 11.5 Å². The maximum atomic E-state index is 13.8. The summed E-state index contributed by atoms with van der Waals surface area (Å²) in [4.78, 5) is 45.3. The van der Waals surface area contributed by atoms with E-state index in [1.165, 1.54) is 16.2 Å². The molecule has 0 spiro atoms. The molecule has 2 saturated carbocycles. The van der Waals surface area contributed by atoms with E-state index in [-0.39, 0.29) is 63.2 Å². The molecule has 0 unspecified atom stereocenters. The van der Waals surface area contributed by atoms with Crippen LogP contribution in [0.15, 0.2) is 52.3 Å². The van der Waals surface area contributed by atoms with Crippen LogP contribution in [-0.4, -0.2) is 33.8 Å². The summed E-state index contributed by atoms with van der Waals surface area (Å²) < 4.78 is 5.68. The van der Waals surface area contributed by atoms with Crippen LogP contribution < -0.4 is 14.5 Å². The molecule has 37 heavy (non-hydrogen) atoms. The van der Waals surface area contributed by atoms with Crippen molar-refractivity contribution in [2.24, 2.45) is 29.6 Å². The molecule has 1 saturated heterocycles. The van der Waals surface area contributed by atoms with E-state index in [0.29, 0.717) is 18.0 Å². The number of phenolic OH excluding ortho intramolecular Hbond substituents is 1. The standard InChI is InChI=1S/C28H26N2O5S2/c1-3-35-18-10-13(6-9-17(18)31)19-20-15-11-16(23(20)36-25-24(19)37-28(34)29-25)22-21(15)26(32)30(27(22)33)14-7-4-12(2)5-8-14/h4-10,15-16,19-23,31H,3,11H2,1-2H3,(H,29,34)/t15-,16+,19-,20+,21+,22+,23-/m0/s1. The lowest BCUT2D eigenvalue weighted by Crippen LogP contribution is -2.42. The smallest absolute Gasteiger partial charge is 0.305 e. The van der Waals surface area contributed by atoms with Gasteiger partial charge in [-0.25, -0.2) is 0 Å². The number of fused-ring (bicyclic) bond motifs is 9. The quantitative estimate of drug-likeness (QED) is 0.478. The number of carbonyl (C=O) groups is 2. The zero-order valence-electron chi connectivity index (χ0n) is 20.3. The van der Waals surface area contributed by atoms with Crippen LogP contribution in [0.1, 0.15) is 35.3 Å². The summed E-state index contributed by atoms with van der Waals surface area (Å²) in [5.74, 6) is -0.259. The van der Waals surface area contributed by atoms with Crippen LogP contribution >= 0.6 is 23.1 Å². The predicted octanol–water partition coefficient (Wildman–Crippen LogP) is 4.53. The molecule has 7 rings (SSSR count). The number of anilines is 1. The fourth-order valence-electron chi connectivity index (χ4n) is 7.33. The average Bonchev–Trinajstić information content (AvgIpc) is 3.60. The lowest BCUT2D eigenvalue weighted by molar-refractivity contribution is -0.123. The molecule has 7 nitrogen and oxygen atoms in total. The molecule has 1 aromatic heterocycles. The van der Waals surface area contributed by atoms with E-state index in [4.69, 9.17) is 4.74 Å². The highest BCUT2D eigenvalue weighted by molar-refractivity contribution is 8.00.